The summed E-state index contributed by atoms with van der Waals surface area (Å²) in [6, 6.07) is 13.2. The Morgan fingerprint density at radius 1 is 1.11 bits per heavy atom. The van der Waals surface area contributed by atoms with Crippen LogP contribution in [0.15, 0.2) is 42.5 Å². The number of aryl methyl sites for hydroxylation is 1. The predicted molar refractivity (Wildman–Crippen MR) is 78.2 cm³/mol. The summed E-state index contributed by atoms with van der Waals surface area (Å²) in [5.41, 5.74) is 9.51. The topological polar surface area (TPSA) is 29.3 Å². The normalized spacial score (nSPS) is 10.5. The molecule has 2 rings (SSSR count). The van der Waals surface area contributed by atoms with E-state index >= 15 is 0 Å². The van der Waals surface area contributed by atoms with Crippen LogP contribution >= 0.6 is 0 Å². The Bertz CT molecular complexity index is 566. The predicted octanol–water partition coefficient (Wildman–Crippen LogP) is 3.75. The highest BCUT2D eigenvalue weighted by Crippen LogP contribution is 2.27. The van der Waals surface area contributed by atoms with Crippen LogP contribution in [-0.4, -0.2) is 6.54 Å². The third-order valence-corrected chi connectivity index (χ3v) is 3.12. The molecule has 2 nitrogen and oxygen atoms in total. The molecule has 0 atom stereocenters. The Labute approximate surface area is 113 Å². The summed E-state index contributed by atoms with van der Waals surface area (Å²) in [6.07, 6.45) is 0. The maximum Gasteiger partial charge on any atom is 0.125 e. The second-order valence-electron chi connectivity index (χ2n) is 4.61. The number of nitrogens with two attached hydrogens (primary N) is 1. The van der Waals surface area contributed by atoms with Gasteiger partial charge in [0.1, 0.15) is 5.82 Å². The lowest BCUT2D eigenvalue weighted by Crippen LogP contribution is -2.16. The van der Waals surface area contributed by atoms with Crippen LogP contribution in [0.3, 0.4) is 0 Å². The first-order valence-electron chi connectivity index (χ1n) is 6.47. The van der Waals surface area contributed by atoms with Crippen molar-refractivity contribution >= 4 is 11.4 Å². The molecule has 100 valence electrons. The summed E-state index contributed by atoms with van der Waals surface area (Å²) in [5, 5.41) is 0. The minimum atomic E-state index is -0.246. The number of halogens is 1. The highest BCUT2D eigenvalue weighted by atomic mass is 19.1. The zero-order valence-corrected chi connectivity index (χ0v) is 11.4. The lowest BCUT2D eigenvalue weighted by atomic mass is 10.1. The molecule has 0 aliphatic rings. The smallest absolute Gasteiger partial charge is 0.125 e. The molecular weight excluding hydrogens is 239 g/mol. The molecule has 0 radical (unpaired) electrons. The average Bonchev–Trinajstić information content (AvgIpc) is 2.39. The maximum absolute atomic E-state index is 13.6. The van der Waals surface area contributed by atoms with Gasteiger partial charge in [0.25, 0.3) is 0 Å². The SMILES string of the molecule is CCN(c1cccc(C)c1)c1cc(F)cc(CN)c1. The van der Waals surface area contributed by atoms with Gasteiger partial charge in [-0.3, -0.25) is 0 Å². The molecule has 0 amide bonds. The molecule has 2 aromatic rings. The first-order chi connectivity index (χ1) is 9.13. The Balaban J connectivity index is 2.44. The van der Waals surface area contributed by atoms with Gasteiger partial charge < -0.3 is 10.6 Å². The Morgan fingerprint density at radius 3 is 2.53 bits per heavy atom. The molecule has 0 heterocycles. The van der Waals surface area contributed by atoms with Crippen LogP contribution in [-0.2, 0) is 6.54 Å². The first kappa shape index (κ1) is 13.6. The zero-order chi connectivity index (χ0) is 13.8. The van der Waals surface area contributed by atoms with Crippen molar-refractivity contribution in [1.29, 1.82) is 0 Å². The van der Waals surface area contributed by atoms with Gasteiger partial charge in [-0.05, 0) is 55.3 Å². The van der Waals surface area contributed by atoms with E-state index < -0.39 is 0 Å². The number of benzene rings is 2. The molecule has 0 spiro atoms. The minimum absolute atomic E-state index is 0.246. The van der Waals surface area contributed by atoms with E-state index in [1.807, 2.05) is 31.2 Å². The molecule has 0 saturated heterocycles. The van der Waals surface area contributed by atoms with Crippen LogP contribution in [0.4, 0.5) is 15.8 Å². The third kappa shape index (κ3) is 3.12. The van der Waals surface area contributed by atoms with Crippen LogP contribution in [0.5, 0.6) is 0 Å². The van der Waals surface area contributed by atoms with Gasteiger partial charge in [-0.25, -0.2) is 4.39 Å². The second-order valence-corrected chi connectivity index (χ2v) is 4.61. The number of anilines is 2. The van der Waals surface area contributed by atoms with Crippen molar-refractivity contribution in [2.45, 2.75) is 20.4 Å². The van der Waals surface area contributed by atoms with Crippen LogP contribution < -0.4 is 10.6 Å². The second kappa shape index (κ2) is 5.85. The molecule has 0 aliphatic carbocycles. The largest absolute Gasteiger partial charge is 0.342 e. The van der Waals surface area contributed by atoms with E-state index in [4.69, 9.17) is 5.73 Å². The summed E-state index contributed by atoms with van der Waals surface area (Å²) in [7, 11) is 0. The molecule has 2 aromatic carbocycles. The number of nitrogens with zero attached hydrogens (tertiary/aromatic N) is 1. The summed E-state index contributed by atoms with van der Waals surface area (Å²) in [5.74, 6) is -0.246. The van der Waals surface area contributed by atoms with Gasteiger partial charge >= 0.3 is 0 Å². The van der Waals surface area contributed by atoms with Crippen molar-refractivity contribution in [2.75, 3.05) is 11.4 Å². The van der Waals surface area contributed by atoms with E-state index in [-0.39, 0.29) is 5.82 Å². The van der Waals surface area contributed by atoms with Crippen molar-refractivity contribution in [3.05, 3.63) is 59.4 Å². The average molecular weight is 258 g/mol. The molecule has 0 fully saturated rings. The van der Waals surface area contributed by atoms with E-state index in [1.165, 1.54) is 11.6 Å². The standard InChI is InChI=1S/C16H19FN2/c1-3-19(15-6-4-5-12(2)7-15)16-9-13(11-18)8-14(17)10-16/h4-10H,3,11,18H2,1-2H3. The van der Waals surface area contributed by atoms with Gasteiger partial charge in [-0.2, -0.15) is 0 Å². The summed E-state index contributed by atoms with van der Waals surface area (Å²) >= 11 is 0. The molecule has 0 saturated carbocycles. The molecular formula is C16H19FN2. The summed E-state index contributed by atoms with van der Waals surface area (Å²) in [4.78, 5) is 2.08. The monoisotopic (exact) mass is 258 g/mol. The molecule has 3 heteroatoms. The lowest BCUT2D eigenvalue weighted by Gasteiger charge is -2.24. The van der Waals surface area contributed by atoms with Crippen molar-refractivity contribution < 1.29 is 4.39 Å². The highest BCUT2D eigenvalue weighted by Gasteiger charge is 2.09. The fraction of sp³-hybridized carbons (Fsp3) is 0.250. The Morgan fingerprint density at radius 2 is 1.89 bits per heavy atom. The summed E-state index contributed by atoms with van der Waals surface area (Å²) < 4.78 is 13.6. The number of hydrogen-bond acceptors (Lipinski definition) is 2. The maximum atomic E-state index is 13.6. The Hall–Kier alpha value is -1.87. The van der Waals surface area contributed by atoms with Gasteiger partial charge in [0.15, 0.2) is 0 Å². The fourth-order valence-electron chi connectivity index (χ4n) is 2.22. The molecule has 0 aromatic heterocycles. The summed E-state index contributed by atoms with van der Waals surface area (Å²) in [6.45, 7) is 5.22. The number of rotatable bonds is 4. The van der Waals surface area contributed by atoms with Gasteiger partial charge in [0.05, 0.1) is 0 Å². The van der Waals surface area contributed by atoms with Gasteiger partial charge in [0.2, 0.25) is 0 Å². The highest BCUT2D eigenvalue weighted by molar-refractivity contribution is 5.64. The third-order valence-electron chi connectivity index (χ3n) is 3.12. The molecule has 0 unspecified atom stereocenters. The quantitative estimate of drug-likeness (QED) is 0.905. The van der Waals surface area contributed by atoms with E-state index in [9.17, 15) is 4.39 Å². The van der Waals surface area contributed by atoms with Crippen LogP contribution in [0.2, 0.25) is 0 Å². The molecule has 2 N–H and O–H groups in total. The van der Waals surface area contributed by atoms with Crippen LogP contribution in [0.1, 0.15) is 18.1 Å². The van der Waals surface area contributed by atoms with Crippen molar-refractivity contribution in [2.24, 2.45) is 5.73 Å². The molecule has 0 aliphatic heterocycles. The van der Waals surface area contributed by atoms with Crippen molar-refractivity contribution in [3.63, 3.8) is 0 Å². The van der Waals surface area contributed by atoms with E-state index in [1.54, 1.807) is 6.07 Å². The van der Waals surface area contributed by atoms with Crippen LogP contribution in [0, 0.1) is 12.7 Å². The van der Waals surface area contributed by atoms with E-state index in [2.05, 4.69) is 17.9 Å². The van der Waals surface area contributed by atoms with Crippen molar-refractivity contribution in [1.82, 2.24) is 0 Å². The first-order valence-corrected chi connectivity index (χ1v) is 6.47. The molecule has 19 heavy (non-hydrogen) atoms. The van der Waals surface area contributed by atoms with E-state index in [0.29, 0.717) is 6.54 Å². The van der Waals surface area contributed by atoms with Crippen LogP contribution in [0.25, 0.3) is 0 Å². The fourth-order valence-corrected chi connectivity index (χ4v) is 2.22. The lowest BCUT2D eigenvalue weighted by molar-refractivity contribution is 0.625. The van der Waals surface area contributed by atoms with E-state index in [0.717, 1.165) is 23.5 Å². The van der Waals surface area contributed by atoms with Gasteiger partial charge in [-0.1, -0.05) is 12.1 Å². The number of hydrogen-bond donors (Lipinski definition) is 1. The molecule has 0 bridgehead atoms. The van der Waals surface area contributed by atoms with Gasteiger partial charge in [0, 0.05) is 24.5 Å². The van der Waals surface area contributed by atoms with Gasteiger partial charge in [-0.15, -0.1) is 0 Å². The zero-order valence-electron chi connectivity index (χ0n) is 11.4. The minimum Gasteiger partial charge on any atom is -0.342 e. The van der Waals surface area contributed by atoms with Crippen molar-refractivity contribution in [3.8, 4) is 0 Å². The Kier molecular flexibility index (Phi) is 4.17.